The number of alkyl carbamates (subject to hydrolysis) is 1. The summed E-state index contributed by atoms with van der Waals surface area (Å²) in [7, 11) is 1.31. The highest BCUT2D eigenvalue weighted by Gasteiger charge is 1.95. The number of unbranched alkanes of at least 4 members (excludes halogenated alkanes) is 2. The van der Waals surface area contributed by atoms with Gasteiger partial charge in [0.15, 0.2) is 6.29 Å². The summed E-state index contributed by atoms with van der Waals surface area (Å²) in [5, 5.41) is 2.50. The number of methoxy groups -OCH3 is 1. The van der Waals surface area contributed by atoms with Crippen LogP contribution in [0.3, 0.4) is 0 Å². The van der Waals surface area contributed by atoms with Gasteiger partial charge in [0.05, 0.1) is 7.11 Å². The van der Waals surface area contributed by atoms with Gasteiger partial charge < -0.3 is 10.1 Å². The van der Waals surface area contributed by atoms with Crippen molar-refractivity contribution in [2.24, 2.45) is 0 Å². The molecular weight excluding hydrogens is 146 g/mol. The third-order valence-corrected chi connectivity index (χ3v) is 1.16. The first-order valence-electron chi connectivity index (χ1n) is 3.48. The lowest BCUT2D eigenvalue weighted by molar-refractivity contribution is 0.171. The van der Waals surface area contributed by atoms with Crippen LogP contribution >= 0.6 is 0 Å². The second-order valence-corrected chi connectivity index (χ2v) is 2.02. The first-order valence-corrected chi connectivity index (χ1v) is 3.48. The van der Waals surface area contributed by atoms with E-state index in [9.17, 15) is 9.59 Å². The maximum absolute atomic E-state index is 10.4. The van der Waals surface area contributed by atoms with E-state index in [1.165, 1.54) is 7.11 Å². The quantitative estimate of drug-likeness (QED) is 0.597. The van der Waals surface area contributed by atoms with Crippen LogP contribution in [0.25, 0.3) is 0 Å². The van der Waals surface area contributed by atoms with Crippen LogP contribution in [0, 0.1) is 0 Å². The Hall–Kier alpha value is -1.06. The van der Waals surface area contributed by atoms with Gasteiger partial charge >= 0.3 is 6.09 Å². The summed E-state index contributed by atoms with van der Waals surface area (Å²) in [4.78, 5) is 20.2. The van der Waals surface area contributed by atoms with Crippen molar-refractivity contribution in [1.82, 2.24) is 5.32 Å². The molecule has 0 aliphatic heterocycles. The first-order chi connectivity index (χ1) is 5.31. The van der Waals surface area contributed by atoms with Gasteiger partial charge in [-0.05, 0) is 12.8 Å². The number of hydrogen-bond donors (Lipinski definition) is 1. The zero-order valence-corrected chi connectivity index (χ0v) is 6.55. The van der Waals surface area contributed by atoms with Crippen molar-refractivity contribution in [2.45, 2.75) is 19.3 Å². The maximum atomic E-state index is 10.4. The molecule has 1 N–H and O–H groups in total. The number of carbonyl (C=O) groups is 1. The van der Waals surface area contributed by atoms with Gasteiger partial charge in [-0.1, -0.05) is 0 Å². The molecule has 0 aliphatic carbocycles. The van der Waals surface area contributed by atoms with Crippen molar-refractivity contribution in [2.75, 3.05) is 13.7 Å². The highest BCUT2D eigenvalue weighted by molar-refractivity contribution is 5.66. The molecule has 0 aliphatic rings. The summed E-state index contributed by atoms with van der Waals surface area (Å²) in [5.41, 5.74) is 0. The largest absolute Gasteiger partial charge is 0.453 e. The molecule has 63 valence electrons. The standard InChI is InChI=1S/C7H12NO3/c1-11-7(10)8-5-3-2-4-6-9/h2-5H2,1H3,(H,8,10). The molecule has 11 heavy (non-hydrogen) atoms. The minimum atomic E-state index is -0.430. The van der Waals surface area contributed by atoms with E-state index in [4.69, 9.17) is 0 Å². The fraction of sp³-hybridized carbons (Fsp3) is 0.714. The van der Waals surface area contributed by atoms with Crippen molar-refractivity contribution in [3.05, 3.63) is 0 Å². The van der Waals surface area contributed by atoms with Gasteiger partial charge in [-0.2, -0.15) is 0 Å². The Labute approximate surface area is 65.9 Å². The summed E-state index contributed by atoms with van der Waals surface area (Å²) >= 11 is 0. The smallest absolute Gasteiger partial charge is 0.406 e. The van der Waals surface area contributed by atoms with Crippen molar-refractivity contribution in [3.63, 3.8) is 0 Å². The molecule has 1 radical (unpaired) electrons. The van der Waals surface area contributed by atoms with E-state index >= 15 is 0 Å². The van der Waals surface area contributed by atoms with Crippen molar-refractivity contribution in [1.29, 1.82) is 0 Å². The topological polar surface area (TPSA) is 55.4 Å². The van der Waals surface area contributed by atoms with Crippen molar-refractivity contribution < 1.29 is 14.3 Å². The van der Waals surface area contributed by atoms with E-state index in [0.29, 0.717) is 13.0 Å². The Morgan fingerprint density at radius 1 is 1.55 bits per heavy atom. The molecule has 4 nitrogen and oxygen atoms in total. The minimum absolute atomic E-state index is 0.430. The van der Waals surface area contributed by atoms with Crippen LogP contribution in [0.15, 0.2) is 0 Å². The summed E-state index contributed by atoms with van der Waals surface area (Å²) in [5.74, 6) is 0. The SMILES string of the molecule is COC(=O)NCCCC[C]=O. The maximum Gasteiger partial charge on any atom is 0.406 e. The third kappa shape index (κ3) is 6.83. The molecule has 0 aromatic heterocycles. The van der Waals surface area contributed by atoms with Crippen LogP contribution in [-0.2, 0) is 9.53 Å². The molecule has 0 fully saturated rings. The highest BCUT2D eigenvalue weighted by atomic mass is 16.5. The fourth-order valence-corrected chi connectivity index (χ4v) is 0.585. The Morgan fingerprint density at radius 2 is 2.27 bits per heavy atom. The van der Waals surface area contributed by atoms with Crippen LogP contribution in [0.5, 0.6) is 0 Å². The molecule has 0 atom stereocenters. The number of hydrogen-bond acceptors (Lipinski definition) is 3. The van der Waals surface area contributed by atoms with E-state index in [0.717, 1.165) is 12.8 Å². The number of rotatable bonds is 5. The lowest BCUT2D eigenvalue weighted by Crippen LogP contribution is -2.23. The fourth-order valence-electron chi connectivity index (χ4n) is 0.585. The van der Waals surface area contributed by atoms with Crippen LogP contribution < -0.4 is 5.32 Å². The average molecular weight is 158 g/mol. The van der Waals surface area contributed by atoms with E-state index in [2.05, 4.69) is 10.1 Å². The zero-order valence-electron chi connectivity index (χ0n) is 6.55. The molecular formula is C7H12NO3. The molecule has 0 aromatic rings. The van der Waals surface area contributed by atoms with Gasteiger partial charge in [-0.3, -0.25) is 4.79 Å². The van der Waals surface area contributed by atoms with E-state index < -0.39 is 6.09 Å². The Balaban J connectivity index is 3.01. The second kappa shape index (κ2) is 7.05. The van der Waals surface area contributed by atoms with Crippen LogP contribution in [0.1, 0.15) is 19.3 Å². The third-order valence-electron chi connectivity index (χ3n) is 1.16. The van der Waals surface area contributed by atoms with Gasteiger partial charge in [0.25, 0.3) is 0 Å². The molecule has 0 saturated carbocycles. The normalized spacial score (nSPS) is 8.82. The Morgan fingerprint density at radius 3 is 2.82 bits per heavy atom. The van der Waals surface area contributed by atoms with E-state index in [-0.39, 0.29) is 0 Å². The van der Waals surface area contributed by atoms with Gasteiger partial charge in [0.2, 0.25) is 0 Å². The molecule has 4 heteroatoms. The molecule has 0 saturated heterocycles. The zero-order chi connectivity index (χ0) is 8.53. The lowest BCUT2D eigenvalue weighted by atomic mass is 10.2. The van der Waals surface area contributed by atoms with Gasteiger partial charge in [-0.25, -0.2) is 4.79 Å². The van der Waals surface area contributed by atoms with Crippen LogP contribution in [-0.4, -0.2) is 26.0 Å². The van der Waals surface area contributed by atoms with Gasteiger partial charge in [0.1, 0.15) is 0 Å². The van der Waals surface area contributed by atoms with Gasteiger partial charge in [0, 0.05) is 13.0 Å². The number of ether oxygens (including phenoxy) is 1. The lowest BCUT2D eigenvalue weighted by Gasteiger charge is -2.00. The molecule has 1 amide bonds. The Bertz CT molecular complexity index is 125. The predicted octanol–water partition coefficient (Wildman–Crippen LogP) is 0.622. The predicted molar refractivity (Wildman–Crippen MR) is 40.0 cm³/mol. The molecule has 0 spiro atoms. The molecule has 0 heterocycles. The average Bonchev–Trinajstić information content (AvgIpc) is 2.04. The number of amides is 1. The molecule has 0 rings (SSSR count). The second-order valence-electron chi connectivity index (χ2n) is 2.02. The minimum Gasteiger partial charge on any atom is -0.453 e. The highest BCUT2D eigenvalue weighted by Crippen LogP contribution is 1.89. The van der Waals surface area contributed by atoms with Crippen LogP contribution in [0.4, 0.5) is 4.79 Å². The van der Waals surface area contributed by atoms with Crippen molar-refractivity contribution in [3.8, 4) is 0 Å². The monoisotopic (exact) mass is 158 g/mol. The van der Waals surface area contributed by atoms with Gasteiger partial charge in [-0.15, -0.1) is 0 Å². The number of nitrogens with one attached hydrogen (secondary N) is 1. The molecule has 0 aromatic carbocycles. The molecule has 0 unspecified atom stereocenters. The first kappa shape index (κ1) is 9.94. The summed E-state index contributed by atoms with van der Waals surface area (Å²) in [6.45, 7) is 0.550. The Kier molecular flexibility index (Phi) is 6.37. The summed E-state index contributed by atoms with van der Waals surface area (Å²) < 4.78 is 4.33. The molecule has 0 bridgehead atoms. The van der Waals surface area contributed by atoms with E-state index in [1.54, 1.807) is 6.29 Å². The van der Waals surface area contributed by atoms with Crippen molar-refractivity contribution >= 4 is 12.4 Å². The number of carbonyl (C=O) groups excluding carboxylic acids is 2. The summed E-state index contributed by atoms with van der Waals surface area (Å²) in [6, 6.07) is 0. The summed E-state index contributed by atoms with van der Waals surface area (Å²) in [6.07, 6.45) is 3.32. The van der Waals surface area contributed by atoms with E-state index in [1.807, 2.05) is 0 Å². The van der Waals surface area contributed by atoms with Crippen LogP contribution in [0.2, 0.25) is 0 Å².